The van der Waals surface area contributed by atoms with Crippen molar-refractivity contribution in [1.82, 2.24) is 15.3 Å². The Morgan fingerprint density at radius 1 is 1.21 bits per heavy atom. The van der Waals surface area contributed by atoms with Gasteiger partial charge in [-0.2, -0.15) is 13.2 Å². The number of thioether (sulfide) groups is 1. The lowest BCUT2D eigenvalue weighted by Gasteiger charge is -2.08. The molecule has 4 rings (SSSR count). The number of hydrogen-bond donors (Lipinski definition) is 1. The normalized spacial score (nSPS) is 15.9. The number of aromatic nitrogens is 2. The molecule has 148 valence electrons. The smallest absolute Gasteiger partial charge is 0.422 e. The third kappa shape index (κ3) is 4.24. The maximum atomic E-state index is 12.2. The first-order chi connectivity index (χ1) is 13.8. The summed E-state index contributed by atoms with van der Waals surface area (Å²) in [5.41, 5.74) is 1.56. The number of amides is 2. The van der Waals surface area contributed by atoms with Gasteiger partial charge in [0.15, 0.2) is 6.61 Å². The summed E-state index contributed by atoms with van der Waals surface area (Å²) in [7, 11) is 0. The lowest BCUT2D eigenvalue weighted by molar-refractivity contribution is -0.154. The standard InChI is InChI=1S/C18H10F3N3O4S/c19-18(20,21)8-27-14-2-1-9(6-23-14)12-7-22-5-10-3-11(28-15(10)12)4-13-16(25)24-17(26)29-13/h1-7H,8H2,(H,24,25,26). The molecular weight excluding hydrogens is 411 g/mol. The van der Waals surface area contributed by atoms with Crippen LogP contribution in [0.3, 0.4) is 0 Å². The van der Waals surface area contributed by atoms with Crippen molar-refractivity contribution in [1.29, 1.82) is 0 Å². The summed E-state index contributed by atoms with van der Waals surface area (Å²) in [4.78, 5) is 31.1. The number of rotatable bonds is 4. The molecule has 11 heteroatoms. The third-order valence-electron chi connectivity index (χ3n) is 3.79. The van der Waals surface area contributed by atoms with Crippen molar-refractivity contribution in [2.75, 3.05) is 6.61 Å². The highest BCUT2D eigenvalue weighted by molar-refractivity contribution is 8.18. The SMILES string of the molecule is O=C1NC(=O)C(=Cc2cc3cncc(-c4ccc(OCC(F)(F)F)nc4)c3o2)S1. The van der Waals surface area contributed by atoms with E-state index in [-0.39, 0.29) is 10.8 Å². The second kappa shape index (κ2) is 7.24. The largest absolute Gasteiger partial charge is 0.468 e. The fourth-order valence-corrected chi connectivity index (χ4v) is 3.25. The van der Waals surface area contributed by atoms with Crippen LogP contribution in [-0.2, 0) is 4.79 Å². The predicted octanol–water partition coefficient (Wildman–Crippen LogP) is 4.15. The van der Waals surface area contributed by atoms with Crippen LogP contribution in [0.4, 0.5) is 18.0 Å². The van der Waals surface area contributed by atoms with Crippen molar-refractivity contribution < 1.29 is 31.9 Å². The van der Waals surface area contributed by atoms with Gasteiger partial charge >= 0.3 is 6.18 Å². The van der Waals surface area contributed by atoms with E-state index < -0.39 is 23.9 Å². The second-order valence-electron chi connectivity index (χ2n) is 5.90. The minimum atomic E-state index is -4.45. The number of hydrogen-bond acceptors (Lipinski definition) is 7. The molecule has 0 spiro atoms. The molecule has 0 aliphatic carbocycles. The number of fused-ring (bicyclic) bond motifs is 1. The average molecular weight is 421 g/mol. The van der Waals surface area contributed by atoms with Gasteiger partial charge in [-0.15, -0.1) is 0 Å². The Balaban J connectivity index is 1.63. The van der Waals surface area contributed by atoms with E-state index in [1.807, 2.05) is 0 Å². The number of alkyl halides is 3. The number of carbonyl (C=O) groups is 2. The minimum absolute atomic E-state index is 0.162. The highest BCUT2D eigenvalue weighted by Crippen LogP contribution is 2.33. The molecule has 0 saturated carbocycles. The lowest BCUT2D eigenvalue weighted by atomic mass is 10.1. The molecule has 1 fully saturated rings. The van der Waals surface area contributed by atoms with E-state index in [1.54, 1.807) is 12.3 Å². The van der Waals surface area contributed by atoms with Crippen LogP contribution in [0.1, 0.15) is 5.76 Å². The highest BCUT2D eigenvalue weighted by atomic mass is 32.2. The van der Waals surface area contributed by atoms with Crippen molar-refractivity contribution >= 4 is 40.0 Å². The molecule has 3 aromatic rings. The molecule has 0 aromatic carbocycles. The molecule has 0 atom stereocenters. The van der Waals surface area contributed by atoms with Crippen LogP contribution in [0, 0.1) is 0 Å². The summed E-state index contributed by atoms with van der Waals surface area (Å²) in [5, 5.41) is 2.34. The highest BCUT2D eigenvalue weighted by Gasteiger charge is 2.28. The number of furan rings is 1. The molecule has 4 heterocycles. The van der Waals surface area contributed by atoms with Crippen molar-refractivity contribution in [2.45, 2.75) is 6.18 Å². The molecule has 0 radical (unpaired) electrons. The Labute approximate surface area is 165 Å². The minimum Gasteiger partial charge on any atom is -0.468 e. The summed E-state index contributed by atoms with van der Waals surface area (Å²) in [6.45, 7) is -1.43. The zero-order valence-corrected chi connectivity index (χ0v) is 15.1. The van der Waals surface area contributed by atoms with E-state index in [2.05, 4.69) is 20.0 Å². The number of imide groups is 1. The van der Waals surface area contributed by atoms with Gasteiger partial charge < -0.3 is 9.15 Å². The lowest BCUT2D eigenvalue weighted by Crippen LogP contribution is -2.19. The van der Waals surface area contributed by atoms with Gasteiger partial charge in [0.1, 0.15) is 11.3 Å². The summed E-state index contributed by atoms with van der Waals surface area (Å²) in [6.07, 6.45) is 1.43. The zero-order valence-electron chi connectivity index (χ0n) is 14.3. The van der Waals surface area contributed by atoms with Gasteiger partial charge in [-0.1, -0.05) is 0 Å². The van der Waals surface area contributed by atoms with Crippen LogP contribution >= 0.6 is 11.8 Å². The molecule has 1 N–H and O–H groups in total. The molecule has 7 nitrogen and oxygen atoms in total. The van der Waals surface area contributed by atoms with Gasteiger partial charge in [-0.25, -0.2) is 4.98 Å². The monoisotopic (exact) mass is 421 g/mol. The average Bonchev–Trinajstić information content (AvgIpc) is 3.21. The van der Waals surface area contributed by atoms with E-state index in [0.717, 1.165) is 11.8 Å². The molecule has 0 bridgehead atoms. The number of ether oxygens (including phenoxy) is 1. The van der Waals surface area contributed by atoms with Crippen LogP contribution in [0.15, 0.2) is 46.1 Å². The first-order valence-corrected chi connectivity index (χ1v) is 8.88. The maximum Gasteiger partial charge on any atom is 0.422 e. The first kappa shape index (κ1) is 19.0. The molecule has 3 aromatic heterocycles. The van der Waals surface area contributed by atoms with Gasteiger partial charge in [0.2, 0.25) is 5.88 Å². The summed E-state index contributed by atoms with van der Waals surface area (Å²) in [6, 6.07) is 4.51. The Morgan fingerprint density at radius 3 is 2.69 bits per heavy atom. The topological polar surface area (TPSA) is 94.3 Å². The summed E-state index contributed by atoms with van der Waals surface area (Å²) < 4.78 is 47.1. The van der Waals surface area contributed by atoms with Crippen LogP contribution in [0.5, 0.6) is 5.88 Å². The van der Waals surface area contributed by atoms with Crippen LogP contribution in [0.2, 0.25) is 0 Å². The van der Waals surface area contributed by atoms with Crippen molar-refractivity contribution in [3.05, 3.63) is 47.5 Å². The van der Waals surface area contributed by atoms with Crippen molar-refractivity contribution in [3.63, 3.8) is 0 Å². The van der Waals surface area contributed by atoms with Gasteiger partial charge in [-0.05, 0) is 23.9 Å². The van der Waals surface area contributed by atoms with Crippen molar-refractivity contribution in [3.8, 4) is 17.0 Å². The van der Waals surface area contributed by atoms with E-state index in [1.165, 1.54) is 30.6 Å². The quantitative estimate of drug-likeness (QED) is 0.633. The van der Waals surface area contributed by atoms with Gasteiger partial charge in [-0.3, -0.25) is 19.9 Å². The summed E-state index contributed by atoms with van der Waals surface area (Å²) in [5.74, 6) is -0.317. The Bertz CT molecular complexity index is 1140. The van der Waals surface area contributed by atoms with Crippen molar-refractivity contribution in [2.24, 2.45) is 0 Å². The van der Waals surface area contributed by atoms with Gasteiger partial charge in [0.05, 0.1) is 4.91 Å². The Hall–Kier alpha value is -3.34. The predicted molar refractivity (Wildman–Crippen MR) is 97.9 cm³/mol. The Kier molecular flexibility index (Phi) is 4.74. The van der Waals surface area contributed by atoms with Crippen LogP contribution in [-0.4, -0.2) is 33.9 Å². The number of nitrogens with one attached hydrogen (secondary N) is 1. The molecular formula is C18H10F3N3O4S. The third-order valence-corrected chi connectivity index (χ3v) is 4.60. The van der Waals surface area contributed by atoms with E-state index in [9.17, 15) is 22.8 Å². The number of nitrogens with zero attached hydrogens (tertiary/aromatic N) is 2. The van der Waals surface area contributed by atoms with E-state index >= 15 is 0 Å². The molecule has 1 aliphatic rings. The Morgan fingerprint density at radius 2 is 2.03 bits per heavy atom. The molecule has 0 unspecified atom stereocenters. The van der Waals surface area contributed by atoms with E-state index in [0.29, 0.717) is 27.9 Å². The zero-order chi connectivity index (χ0) is 20.6. The molecule has 1 saturated heterocycles. The number of carbonyl (C=O) groups excluding carboxylic acids is 2. The summed E-state index contributed by atoms with van der Waals surface area (Å²) >= 11 is 0.769. The molecule has 29 heavy (non-hydrogen) atoms. The first-order valence-electron chi connectivity index (χ1n) is 8.07. The van der Waals surface area contributed by atoms with Crippen LogP contribution < -0.4 is 10.1 Å². The fourth-order valence-electron chi connectivity index (χ4n) is 2.59. The molecule has 1 aliphatic heterocycles. The number of halogens is 3. The second-order valence-corrected chi connectivity index (χ2v) is 6.91. The van der Waals surface area contributed by atoms with E-state index in [4.69, 9.17) is 4.42 Å². The maximum absolute atomic E-state index is 12.2. The molecule has 2 amide bonds. The number of pyridine rings is 2. The van der Waals surface area contributed by atoms with Gasteiger partial charge in [0.25, 0.3) is 11.1 Å². The fraction of sp³-hybridized carbons (Fsp3) is 0.111. The van der Waals surface area contributed by atoms with Gasteiger partial charge in [0, 0.05) is 47.2 Å². The van der Waals surface area contributed by atoms with Crippen LogP contribution in [0.25, 0.3) is 28.2 Å².